The standard InChI is InChI=1S/C8H14O/c1-6(9)7-4-8(5-7)2-3-8/h6-7,9H,2-5H2,1H3/t6-/m0/s1. The Kier molecular flexibility index (Phi) is 0.963. The summed E-state index contributed by atoms with van der Waals surface area (Å²) in [6.45, 7) is 1.92. The molecular formula is C8H14O. The first-order valence-electron chi connectivity index (χ1n) is 3.90. The lowest BCUT2D eigenvalue weighted by Crippen LogP contribution is -2.32. The van der Waals surface area contributed by atoms with Crippen LogP contribution in [0, 0.1) is 11.3 Å². The molecule has 0 aromatic carbocycles. The van der Waals surface area contributed by atoms with E-state index in [2.05, 4.69) is 0 Å². The van der Waals surface area contributed by atoms with Crippen LogP contribution in [0.1, 0.15) is 32.6 Å². The largest absolute Gasteiger partial charge is 0.393 e. The molecule has 0 saturated heterocycles. The molecule has 1 heteroatoms. The van der Waals surface area contributed by atoms with Crippen LogP contribution >= 0.6 is 0 Å². The fourth-order valence-electron chi connectivity index (χ4n) is 1.98. The average Bonchev–Trinajstić information content (AvgIpc) is 2.35. The van der Waals surface area contributed by atoms with Crippen LogP contribution in [0.3, 0.4) is 0 Å². The van der Waals surface area contributed by atoms with Crippen LogP contribution in [0.25, 0.3) is 0 Å². The highest BCUT2D eigenvalue weighted by molar-refractivity contribution is 5.04. The van der Waals surface area contributed by atoms with Gasteiger partial charge in [0, 0.05) is 0 Å². The Morgan fingerprint density at radius 2 is 2.00 bits per heavy atom. The van der Waals surface area contributed by atoms with Crippen molar-refractivity contribution >= 4 is 0 Å². The summed E-state index contributed by atoms with van der Waals surface area (Å²) in [5, 5.41) is 9.13. The van der Waals surface area contributed by atoms with Gasteiger partial charge in [0.1, 0.15) is 0 Å². The van der Waals surface area contributed by atoms with Crippen molar-refractivity contribution in [3.8, 4) is 0 Å². The fourth-order valence-corrected chi connectivity index (χ4v) is 1.98. The zero-order valence-corrected chi connectivity index (χ0v) is 5.93. The van der Waals surface area contributed by atoms with Gasteiger partial charge in [0.25, 0.3) is 0 Å². The molecule has 2 fully saturated rings. The van der Waals surface area contributed by atoms with E-state index in [4.69, 9.17) is 5.11 Å². The zero-order chi connectivity index (χ0) is 6.48. The van der Waals surface area contributed by atoms with Crippen LogP contribution < -0.4 is 0 Å². The van der Waals surface area contributed by atoms with Crippen LogP contribution in [-0.2, 0) is 0 Å². The molecule has 2 aliphatic carbocycles. The topological polar surface area (TPSA) is 20.2 Å². The minimum atomic E-state index is -0.0452. The van der Waals surface area contributed by atoms with E-state index in [0.717, 1.165) is 5.41 Å². The smallest absolute Gasteiger partial charge is 0.0540 e. The summed E-state index contributed by atoms with van der Waals surface area (Å²) >= 11 is 0. The lowest BCUT2D eigenvalue weighted by atomic mass is 9.70. The monoisotopic (exact) mass is 126 g/mol. The summed E-state index contributed by atoms with van der Waals surface area (Å²) < 4.78 is 0. The van der Waals surface area contributed by atoms with Crippen molar-refractivity contribution < 1.29 is 5.11 Å². The second-order valence-corrected chi connectivity index (χ2v) is 3.91. The number of aliphatic hydroxyl groups is 1. The third kappa shape index (κ3) is 0.787. The van der Waals surface area contributed by atoms with Crippen molar-refractivity contribution in [3.05, 3.63) is 0 Å². The number of hydrogen-bond donors (Lipinski definition) is 1. The van der Waals surface area contributed by atoms with Crippen LogP contribution in [-0.4, -0.2) is 11.2 Å². The van der Waals surface area contributed by atoms with Crippen molar-refractivity contribution in [3.63, 3.8) is 0 Å². The molecule has 0 heterocycles. The molecule has 1 atom stereocenters. The van der Waals surface area contributed by atoms with E-state index < -0.39 is 0 Å². The van der Waals surface area contributed by atoms with Gasteiger partial charge >= 0.3 is 0 Å². The van der Waals surface area contributed by atoms with Gasteiger partial charge in [-0.15, -0.1) is 0 Å². The molecule has 2 rings (SSSR count). The maximum atomic E-state index is 9.13. The Morgan fingerprint density at radius 3 is 2.33 bits per heavy atom. The Morgan fingerprint density at radius 1 is 1.44 bits per heavy atom. The van der Waals surface area contributed by atoms with Crippen molar-refractivity contribution in [2.75, 3.05) is 0 Å². The van der Waals surface area contributed by atoms with E-state index in [0.29, 0.717) is 5.92 Å². The quantitative estimate of drug-likeness (QED) is 0.565. The molecule has 0 amide bonds. The van der Waals surface area contributed by atoms with Gasteiger partial charge in [0.2, 0.25) is 0 Å². The van der Waals surface area contributed by atoms with Gasteiger partial charge in [-0.3, -0.25) is 0 Å². The second-order valence-electron chi connectivity index (χ2n) is 3.91. The molecule has 0 bridgehead atoms. The molecule has 0 aromatic heterocycles. The van der Waals surface area contributed by atoms with Crippen molar-refractivity contribution in [2.45, 2.75) is 38.7 Å². The summed E-state index contributed by atoms with van der Waals surface area (Å²) in [7, 11) is 0. The van der Waals surface area contributed by atoms with Crippen LogP contribution in [0.4, 0.5) is 0 Å². The lowest BCUT2D eigenvalue weighted by molar-refractivity contribution is 0.0288. The molecule has 9 heavy (non-hydrogen) atoms. The van der Waals surface area contributed by atoms with Gasteiger partial charge < -0.3 is 5.11 Å². The van der Waals surface area contributed by atoms with Gasteiger partial charge in [-0.05, 0) is 43.9 Å². The van der Waals surface area contributed by atoms with Gasteiger partial charge in [-0.1, -0.05) is 0 Å². The highest BCUT2D eigenvalue weighted by atomic mass is 16.3. The average molecular weight is 126 g/mol. The number of hydrogen-bond acceptors (Lipinski definition) is 1. The predicted octanol–water partition coefficient (Wildman–Crippen LogP) is 1.56. The summed E-state index contributed by atoms with van der Waals surface area (Å²) in [5.41, 5.74) is 0.766. The van der Waals surface area contributed by atoms with Crippen molar-refractivity contribution in [1.29, 1.82) is 0 Å². The van der Waals surface area contributed by atoms with Crippen molar-refractivity contribution in [1.82, 2.24) is 0 Å². The van der Waals surface area contributed by atoms with Crippen LogP contribution in [0.2, 0.25) is 0 Å². The highest BCUT2D eigenvalue weighted by Gasteiger charge is 2.53. The Labute approximate surface area is 56.1 Å². The molecule has 0 aromatic rings. The summed E-state index contributed by atoms with van der Waals surface area (Å²) in [6, 6.07) is 0. The number of aliphatic hydroxyl groups excluding tert-OH is 1. The lowest BCUT2D eigenvalue weighted by Gasteiger charge is -2.37. The van der Waals surface area contributed by atoms with Crippen LogP contribution in [0.5, 0.6) is 0 Å². The molecular weight excluding hydrogens is 112 g/mol. The SMILES string of the molecule is C[C@H](O)C1CC2(CC2)C1. The van der Waals surface area contributed by atoms with Gasteiger partial charge in [0.15, 0.2) is 0 Å². The highest BCUT2D eigenvalue weighted by Crippen LogP contribution is 2.63. The fraction of sp³-hybridized carbons (Fsp3) is 1.00. The maximum absolute atomic E-state index is 9.13. The Bertz CT molecular complexity index is 117. The molecule has 1 spiro atoms. The zero-order valence-electron chi connectivity index (χ0n) is 5.93. The molecule has 1 N–H and O–H groups in total. The molecule has 52 valence electrons. The second kappa shape index (κ2) is 1.51. The molecule has 2 saturated carbocycles. The third-order valence-corrected chi connectivity index (χ3v) is 3.03. The van der Waals surface area contributed by atoms with E-state index in [1.54, 1.807) is 0 Å². The first kappa shape index (κ1) is 5.72. The molecule has 2 aliphatic rings. The van der Waals surface area contributed by atoms with E-state index in [9.17, 15) is 0 Å². The maximum Gasteiger partial charge on any atom is 0.0540 e. The van der Waals surface area contributed by atoms with Gasteiger partial charge in [0.05, 0.1) is 6.10 Å². The molecule has 0 radical (unpaired) electrons. The molecule has 1 nitrogen and oxygen atoms in total. The van der Waals surface area contributed by atoms with E-state index in [1.165, 1.54) is 25.7 Å². The minimum Gasteiger partial charge on any atom is -0.393 e. The Balaban J connectivity index is 1.83. The van der Waals surface area contributed by atoms with E-state index in [-0.39, 0.29) is 6.10 Å². The Hall–Kier alpha value is -0.0400. The van der Waals surface area contributed by atoms with Gasteiger partial charge in [-0.25, -0.2) is 0 Å². The normalized spacial score (nSPS) is 34.0. The first-order valence-corrected chi connectivity index (χ1v) is 3.90. The molecule has 0 aliphatic heterocycles. The minimum absolute atomic E-state index is 0.0452. The summed E-state index contributed by atoms with van der Waals surface area (Å²) in [6.07, 6.45) is 5.46. The summed E-state index contributed by atoms with van der Waals surface area (Å²) in [5.74, 6) is 0.646. The van der Waals surface area contributed by atoms with E-state index in [1.807, 2.05) is 6.92 Å². The first-order chi connectivity index (χ1) is 4.22. The van der Waals surface area contributed by atoms with Crippen LogP contribution in [0.15, 0.2) is 0 Å². The number of rotatable bonds is 1. The van der Waals surface area contributed by atoms with Crippen molar-refractivity contribution in [2.24, 2.45) is 11.3 Å². The summed E-state index contributed by atoms with van der Waals surface area (Å²) in [4.78, 5) is 0. The molecule has 0 unspecified atom stereocenters. The van der Waals surface area contributed by atoms with E-state index >= 15 is 0 Å². The van der Waals surface area contributed by atoms with Gasteiger partial charge in [-0.2, -0.15) is 0 Å². The predicted molar refractivity (Wildman–Crippen MR) is 36.1 cm³/mol. The third-order valence-electron chi connectivity index (χ3n) is 3.03.